The van der Waals surface area contributed by atoms with E-state index in [-0.39, 0.29) is 11.5 Å². The van der Waals surface area contributed by atoms with E-state index in [1.165, 1.54) is 6.08 Å². The van der Waals surface area contributed by atoms with Crippen LogP contribution in [0.5, 0.6) is 0 Å². The van der Waals surface area contributed by atoms with Crippen LogP contribution in [0.2, 0.25) is 0 Å². The van der Waals surface area contributed by atoms with E-state index in [0.29, 0.717) is 0 Å². The van der Waals surface area contributed by atoms with Gasteiger partial charge in [0.15, 0.2) is 3.79 Å². The summed E-state index contributed by atoms with van der Waals surface area (Å²) in [6, 6.07) is 0. The molecule has 0 bridgehead atoms. The average Bonchev–Trinajstić information content (AvgIpc) is 1.98. The van der Waals surface area contributed by atoms with E-state index in [2.05, 4.69) is 0 Å². The van der Waals surface area contributed by atoms with Gasteiger partial charge in [-0.1, -0.05) is 59.4 Å². The fourth-order valence-corrected chi connectivity index (χ4v) is 1.84. The quantitative estimate of drug-likeness (QED) is 0.503. The van der Waals surface area contributed by atoms with Crippen molar-refractivity contribution in [2.24, 2.45) is 5.41 Å². The van der Waals surface area contributed by atoms with Crippen LogP contribution in [0.3, 0.4) is 0 Å². The summed E-state index contributed by atoms with van der Waals surface area (Å²) in [6.45, 7) is 1.56. The molecular formula is C8H6Cl4O2. The average molecular weight is 276 g/mol. The molecule has 0 saturated heterocycles. The van der Waals surface area contributed by atoms with Gasteiger partial charge in [-0.2, -0.15) is 0 Å². The summed E-state index contributed by atoms with van der Waals surface area (Å²) in [5, 5.41) is -0.185. The zero-order valence-electron chi connectivity index (χ0n) is 7.11. The number of hydrogen-bond donors (Lipinski definition) is 0. The SMILES string of the molecule is C[C@@]1(C(Cl)(Cl)Cl)C=C(Cl)C(=O)C(=O)C1. The minimum Gasteiger partial charge on any atom is -0.290 e. The van der Waals surface area contributed by atoms with Crippen LogP contribution in [-0.4, -0.2) is 15.4 Å². The maximum Gasteiger partial charge on any atom is 0.239 e. The molecule has 0 amide bonds. The molecule has 0 aromatic carbocycles. The van der Waals surface area contributed by atoms with E-state index < -0.39 is 20.8 Å². The van der Waals surface area contributed by atoms with E-state index in [0.717, 1.165) is 0 Å². The number of allylic oxidation sites excluding steroid dienone is 2. The van der Waals surface area contributed by atoms with Crippen molar-refractivity contribution in [1.82, 2.24) is 0 Å². The predicted molar refractivity (Wildman–Crippen MR) is 57.0 cm³/mol. The van der Waals surface area contributed by atoms with Crippen molar-refractivity contribution < 1.29 is 9.59 Å². The molecule has 6 heteroatoms. The highest BCUT2D eigenvalue weighted by Gasteiger charge is 2.48. The zero-order chi connectivity index (χ0) is 11.1. The fraction of sp³-hybridized carbons (Fsp3) is 0.500. The molecule has 0 heterocycles. The van der Waals surface area contributed by atoms with Crippen molar-refractivity contribution in [3.63, 3.8) is 0 Å². The molecule has 0 aliphatic heterocycles. The van der Waals surface area contributed by atoms with E-state index in [9.17, 15) is 9.59 Å². The molecule has 1 aliphatic carbocycles. The molecule has 0 N–H and O–H groups in total. The third-order valence-electron chi connectivity index (χ3n) is 2.09. The molecule has 2 nitrogen and oxygen atoms in total. The Morgan fingerprint density at radius 1 is 1.36 bits per heavy atom. The highest BCUT2D eigenvalue weighted by Crippen LogP contribution is 2.50. The molecule has 0 radical (unpaired) electrons. The van der Waals surface area contributed by atoms with Crippen LogP contribution >= 0.6 is 46.4 Å². The van der Waals surface area contributed by atoms with E-state index in [1.54, 1.807) is 6.92 Å². The number of ketones is 2. The molecule has 0 aromatic rings. The molecule has 78 valence electrons. The van der Waals surface area contributed by atoms with Crippen molar-refractivity contribution in [3.8, 4) is 0 Å². The van der Waals surface area contributed by atoms with Crippen molar-refractivity contribution in [3.05, 3.63) is 11.1 Å². The lowest BCUT2D eigenvalue weighted by Gasteiger charge is -2.34. The second-order valence-corrected chi connectivity index (χ2v) is 6.03. The predicted octanol–water partition coefficient (Wildman–Crippen LogP) is 3.03. The first-order chi connectivity index (χ1) is 6.17. The van der Waals surface area contributed by atoms with E-state index >= 15 is 0 Å². The number of rotatable bonds is 0. The van der Waals surface area contributed by atoms with Crippen molar-refractivity contribution in [2.75, 3.05) is 0 Å². The van der Waals surface area contributed by atoms with E-state index in [4.69, 9.17) is 46.4 Å². The molecule has 0 fully saturated rings. The van der Waals surface area contributed by atoms with Crippen molar-refractivity contribution in [1.29, 1.82) is 0 Å². The summed E-state index contributed by atoms with van der Waals surface area (Å²) in [4.78, 5) is 22.3. The van der Waals surface area contributed by atoms with Gasteiger partial charge < -0.3 is 0 Å². The molecule has 0 saturated carbocycles. The second kappa shape index (κ2) is 3.67. The lowest BCUT2D eigenvalue weighted by atomic mass is 9.81. The van der Waals surface area contributed by atoms with Crippen molar-refractivity contribution in [2.45, 2.75) is 17.1 Å². The first kappa shape index (κ1) is 12.3. The minimum absolute atomic E-state index is 0.140. The number of carbonyl (C=O) groups excluding carboxylic acids is 2. The standard InChI is InChI=1S/C8H6Cl4O2/c1-7(8(10,11)12)2-4(9)6(14)5(13)3-7/h2H,3H2,1H3/t7-/m1/s1. The van der Waals surface area contributed by atoms with Gasteiger partial charge in [0, 0.05) is 11.8 Å². The molecule has 0 aromatic heterocycles. The fourth-order valence-electron chi connectivity index (χ4n) is 1.13. The molecule has 14 heavy (non-hydrogen) atoms. The number of alkyl halides is 3. The normalized spacial score (nSPS) is 29.1. The van der Waals surface area contributed by atoms with Crippen LogP contribution in [0.1, 0.15) is 13.3 Å². The highest BCUT2D eigenvalue weighted by atomic mass is 35.6. The van der Waals surface area contributed by atoms with Crippen LogP contribution in [0.15, 0.2) is 11.1 Å². The monoisotopic (exact) mass is 274 g/mol. The Hall–Kier alpha value is 0.240. The van der Waals surface area contributed by atoms with Gasteiger partial charge in [0.1, 0.15) is 0 Å². The van der Waals surface area contributed by atoms with Crippen LogP contribution in [0.25, 0.3) is 0 Å². The largest absolute Gasteiger partial charge is 0.290 e. The Kier molecular flexibility index (Phi) is 3.23. The topological polar surface area (TPSA) is 34.1 Å². The molecule has 0 unspecified atom stereocenters. The van der Waals surface area contributed by atoms with Crippen molar-refractivity contribution >= 4 is 58.0 Å². The molecular weight excluding hydrogens is 270 g/mol. The maximum absolute atomic E-state index is 11.2. The van der Waals surface area contributed by atoms with Gasteiger partial charge in [-0.15, -0.1) is 0 Å². The van der Waals surface area contributed by atoms with Gasteiger partial charge in [0.05, 0.1) is 5.03 Å². The summed E-state index contributed by atoms with van der Waals surface area (Å²) >= 11 is 22.7. The van der Waals surface area contributed by atoms with Gasteiger partial charge in [-0.25, -0.2) is 0 Å². The van der Waals surface area contributed by atoms with Gasteiger partial charge in [-0.05, 0) is 0 Å². The Bertz CT molecular complexity index is 329. The molecule has 1 aliphatic rings. The lowest BCUT2D eigenvalue weighted by molar-refractivity contribution is -0.135. The van der Waals surface area contributed by atoms with Gasteiger partial charge in [0.2, 0.25) is 11.6 Å². The zero-order valence-corrected chi connectivity index (χ0v) is 10.1. The smallest absolute Gasteiger partial charge is 0.239 e. The highest BCUT2D eigenvalue weighted by molar-refractivity contribution is 6.69. The molecule has 0 spiro atoms. The summed E-state index contributed by atoms with van der Waals surface area (Å²) in [5.74, 6) is -1.36. The summed E-state index contributed by atoms with van der Waals surface area (Å²) < 4.78 is -1.66. The Balaban J connectivity index is 3.18. The number of halogens is 4. The maximum atomic E-state index is 11.2. The molecule has 1 rings (SSSR count). The minimum atomic E-state index is -1.66. The van der Waals surface area contributed by atoms with E-state index in [1.807, 2.05) is 0 Å². The van der Waals surface area contributed by atoms with Gasteiger partial charge >= 0.3 is 0 Å². The summed E-state index contributed by atoms with van der Waals surface area (Å²) in [7, 11) is 0. The van der Waals surface area contributed by atoms with Gasteiger partial charge in [0.25, 0.3) is 0 Å². The lowest BCUT2D eigenvalue weighted by Crippen LogP contribution is -2.38. The Morgan fingerprint density at radius 3 is 2.21 bits per heavy atom. The Labute approximate surface area is 101 Å². The first-order valence-electron chi connectivity index (χ1n) is 3.70. The van der Waals surface area contributed by atoms with Crippen LogP contribution in [0.4, 0.5) is 0 Å². The summed E-state index contributed by atoms with van der Waals surface area (Å²) in [5.41, 5.74) is -1.03. The number of Topliss-reactive ketones (excluding diaryl/α,β-unsaturated/α-hetero) is 2. The molecule has 1 atom stereocenters. The second-order valence-electron chi connectivity index (χ2n) is 3.34. The number of carbonyl (C=O) groups is 2. The first-order valence-corrected chi connectivity index (χ1v) is 5.21. The summed E-state index contributed by atoms with van der Waals surface area (Å²) in [6.07, 6.45) is 1.18. The van der Waals surface area contributed by atoms with Gasteiger partial charge in [-0.3, -0.25) is 9.59 Å². The Morgan fingerprint density at radius 2 is 1.86 bits per heavy atom. The third-order valence-corrected chi connectivity index (χ3v) is 3.67. The van der Waals surface area contributed by atoms with Crippen LogP contribution in [-0.2, 0) is 9.59 Å². The number of hydrogen-bond acceptors (Lipinski definition) is 2. The van der Waals surface area contributed by atoms with Crippen LogP contribution in [0, 0.1) is 5.41 Å². The third kappa shape index (κ3) is 2.08. The van der Waals surface area contributed by atoms with Crippen LogP contribution < -0.4 is 0 Å².